The average molecular weight is 409 g/mol. The molecule has 10 heteroatoms. The highest BCUT2D eigenvalue weighted by atomic mass is 35.5. The van der Waals surface area contributed by atoms with E-state index in [1.807, 2.05) is 0 Å². The molecule has 2 aromatic rings. The fraction of sp³-hybridized carbons (Fsp3) is 0.333. The number of hydrogen-bond acceptors (Lipinski definition) is 8. The lowest BCUT2D eigenvalue weighted by Crippen LogP contribution is -2.31. The van der Waals surface area contributed by atoms with Gasteiger partial charge in [0.25, 0.3) is 0 Å². The van der Waals surface area contributed by atoms with Crippen LogP contribution in [0.1, 0.15) is 48.7 Å². The molecular formula is C18H22BClN2O6. The highest BCUT2D eigenvalue weighted by Gasteiger charge is 2.16. The van der Waals surface area contributed by atoms with Gasteiger partial charge in [0, 0.05) is 17.4 Å². The van der Waals surface area contributed by atoms with Crippen LogP contribution in [0.15, 0.2) is 36.7 Å². The van der Waals surface area contributed by atoms with Crippen molar-refractivity contribution >= 4 is 36.1 Å². The van der Waals surface area contributed by atoms with Gasteiger partial charge in [-0.2, -0.15) is 0 Å². The number of rotatable bonds is 5. The van der Waals surface area contributed by atoms with Gasteiger partial charge in [-0.25, -0.2) is 19.6 Å². The largest absolute Gasteiger partial charge is 0.488 e. The molecule has 0 spiro atoms. The smallest absolute Gasteiger partial charge is 0.458 e. The summed E-state index contributed by atoms with van der Waals surface area (Å²) in [7, 11) is -1.61. The van der Waals surface area contributed by atoms with Gasteiger partial charge < -0.3 is 19.5 Å². The fourth-order valence-corrected chi connectivity index (χ4v) is 1.94. The molecule has 0 aliphatic rings. The van der Waals surface area contributed by atoms with Crippen molar-refractivity contribution in [1.82, 2.24) is 9.97 Å². The molecule has 0 fully saturated rings. The van der Waals surface area contributed by atoms with Gasteiger partial charge in [0.1, 0.15) is 11.4 Å². The first-order valence-electron chi connectivity index (χ1n) is 8.45. The molecule has 0 unspecified atom stereocenters. The lowest BCUT2D eigenvalue weighted by molar-refractivity contribution is 0.0360. The number of hydrogen-bond donors (Lipinski definition) is 2. The van der Waals surface area contributed by atoms with E-state index in [1.165, 1.54) is 30.6 Å². The first-order chi connectivity index (χ1) is 13.1. The van der Waals surface area contributed by atoms with E-state index in [2.05, 4.69) is 9.97 Å². The molecule has 0 aliphatic carbocycles. The van der Waals surface area contributed by atoms with E-state index in [0.29, 0.717) is 5.02 Å². The Kier molecular flexibility index (Phi) is 9.57. The molecule has 0 atom stereocenters. The highest BCUT2D eigenvalue weighted by molar-refractivity contribution is 6.58. The van der Waals surface area contributed by atoms with Crippen molar-refractivity contribution in [3.05, 3.63) is 53.1 Å². The Balaban J connectivity index is 0.000000283. The third-order valence-corrected chi connectivity index (χ3v) is 3.14. The van der Waals surface area contributed by atoms with Crippen molar-refractivity contribution in [2.24, 2.45) is 0 Å². The number of esters is 2. The van der Waals surface area contributed by atoms with E-state index in [-0.39, 0.29) is 29.1 Å². The number of aromatic nitrogens is 2. The zero-order chi connectivity index (χ0) is 21.3. The monoisotopic (exact) mass is 408 g/mol. The van der Waals surface area contributed by atoms with Crippen LogP contribution in [-0.4, -0.2) is 51.3 Å². The average Bonchev–Trinajstić information content (AvgIpc) is 2.61. The molecule has 0 saturated carbocycles. The van der Waals surface area contributed by atoms with E-state index >= 15 is 0 Å². The third kappa shape index (κ3) is 8.47. The molecule has 28 heavy (non-hydrogen) atoms. The second-order valence-corrected chi connectivity index (χ2v) is 6.55. The van der Waals surface area contributed by atoms with E-state index in [0.717, 1.165) is 0 Å². The third-order valence-electron chi connectivity index (χ3n) is 2.91. The number of halogens is 1. The highest BCUT2D eigenvalue weighted by Crippen LogP contribution is 2.09. The van der Waals surface area contributed by atoms with Crippen LogP contribution >= 0.6 is 11.6 Å². The molecule has 0 bridgehead atoms. The summed E-state index contributed by atoms with van der Waals surface area (Å²) in [6.45, 7) is 7.01. The second-order valence-electron chi connectivity index (χ2n) is 6.12. The van der Waals surface area contributed by atoms with E-state index in [9.17, 15) is 9.59 Å². The zero-order valence-corrected chi connectivity index (χ0v) is 16.8. The van der Waals surface area contributed by atoms with Gasteiger partial charge >= 0.3 is 19.1 Å². The minimum absolute atomic E-state index is 0.0642. The van der Waals surface area contributed by atoms with E-state index < -0.39 is 19.1 Å². The minimum Gasteiger partial charge on any atom is -0.458 e. The summed E-state index contributed by atoms with van der Waals surface area (Å²) in [6, 6.07) is 5.78. The number of carbonyl (C=O) groups is 2. The van der Waals surface area contributed by atoms with Gasteiger partial charge in [-0.3, -0.25) is 0 Å². The Hall–Kier alpha value is -2.49. The molecule has 0 aliphatic heterocycles. The van der Waals surface area contributed by atoms with Crippen LogP contribution in [0.25, 0.3) is 0 Å². The minimum atomic E-state index is -1.61. The molecule has 8 nitrogen and oxygen atoms in total. The van der Waals surface area contributed by atoms with Crippen molar-refractivity contribution in [3.63, 3.8) is 0 Å². The molecule has 2 rings (SSSR count). The van der Waals surface area contributed by atoms with Crippen LogP contribution in [0.3, 0.4) is 0 Å². The Morgan fingerprint density at radius 2 is 1.39 bits per heavy atom. The molecule has 2 aromatic heterocycles. The summed E-state index contributed by atoms with van der Waals surface area (Å²) in [5.41, 5.74) is 0.510. The number of nitrogens with zero attached hydrogens (tertiary/aromatic N) is 2. The predicted molar refractivity (Wildman–Crippen MR) is 104 cm³/mol. The van der Waals surface area contributed by atoms with Crippen LogP contribution in [0.4, 0.5) is 0 Å². The summed E-state index contributed by atoms with van der Waals surface area (Å²) in [5, 5.41) is 18.3. The van der Waals surface area contributed by atoms with Gasteiger partial charge in [0.15, 0.2) is 0 Å². The molecular weight excluding hydrogens is 386 g/mol. The normalized spacial score (nSPS) is 10.2. The van der Waals surface area contributed by atoms with Gasteiger partial charge in [0.2, 0.25) is 0 Å². The fourth-order valence-electron chi connectivity index (χ4n) is 1.78. The van der Waals surface area contributed by atoms with Crippen LogP contribution in [-0.2, 0) is 9.47 Å². The quantitative estimate of drug-likeness (QED) is 0.566. The summed E-state index contributed by atoms with van der Waals surface area (Å²) in [6.07, 6.45) is 2.42. The molecule has 0 aromatic carbocycles. The Morgan fingerprint density at radius 3 is 1.82 bits per heavy atom. The maximum atomic E-state index is 11.4. The number of pyridine rings is 2. The number of carbonyl (C=O) groups excluding carboxylic acids is 2. The van der Waals surface area contributed by atoms with Crippen LogP contribution in [0.5, 0.6) is 0 Å². The molecule has 0 amide bonds. The van der Waals surface area contributed by atoms with Crippen molar-refractivity contribution in [2.45, 2.75) is 39.9 Å². The topological polar surface area (TPSA) is 119 Å². The standard InChI is InChI=1S/C9H12BNO4.C9H10ClNO2/c1-6(2)15-9(12)8-5-7(10(13)14)3-4-11-8;1-6(2)13-9(12)8-5-7(10)3-4-11-8/h3-6,13-14H,1-2H3;3-6H,1-2H3. The van der Waals surface area contributed by atoms with Crippen molar-refractivity contribution in [2.75, 3.05) is 0 Å². The Morgan fingerprint density at radius 1 is 0.929 bits per heavy atom. The van der Waals surface area contributed by atoms with Gasteiger partial charge in [-0.15, -0.1) is 0 Å². The van der Waals surface area contributed by atoms with Gasteiger partial charge in [0.05, 0.1) is 12.2 Å². The number of ether oxygens (including phenoxy) is 2. The maximum Gasteiger partial charge on any atom is 0.488 e. The van der Waals surface area contributed by atoms with Gasteiger partial charge in [-0.1, -0.05) is 11.6 Å². The molecule has 0 radical (unpaired) electrons. The first kappa shape index (κ1) is 23.6. The summed E-state index contributed by atoms with van der Waals surface area (Å²) >= 11 is 5.68. The summed E-state index contributed by atoms with van der Waals surface area (Å²) < 4.78 is 9.84. The molecule has 0 saturated heterocycles. The van der Waals surface area contributed by atoms with E-state index in [4.69, 9.17) is 31.1 Å². The molecule has 2 heterocycles. The molecule has 2 N–H and O–H groups in total. The Labute approximate surface area is 168 Å². The second kappa shape index (κ2) is 11.4. The SMILES string of the molecule is CC(C)OC(=O)c1cc(B(O)O)ccn1.CC(C)OC(=O)c1cc(Cl)ccn1. The van der Waals surface area contributed by atoms with Crippen LogP contribution in [0.2, 0.25) is 5.02 Å². The van der Waals surface area contributed by atoms with Crippen molar-refractivity contribution in [1.29, 1.82) is 0 Å². The van der Waals surface area contributed by atoms with Crippen LogP contribution in [0, 0.1) is 0 Å². The lowest BCUT2D eigenvalue weighted by Gasteiger charge is -2.07. The maximum absolute atomic E-state index is 11.4. The molecule has 150 valence electrons. The first-order valence-corrected chi connectivity index (χ1v) is 8.83. The van der Waals surface area contributed by atoms with Gasteiger partial charge in [-0.05, 0) is 57.4 Å². The van der Waals surface area contributed by atoms with Crippen molar-refractivity contribution < 1.29 is 29.1 Å². The zero-order valence-electron chi connectivity index (χ0n) is 16.0. The lowest BCUT2D eigenvalue weighted by atomic mass is 9.81. The van der Waals surface area contributed by atoms with Crippen LogP contribution < -0.4 is 5.46 Å². The summed E-state index contributed by atoms with van der Waals surface area (Å²) in [4.78, 5) is 30.3. The summed E-state index contributed by atoms with van der Waals surface area (Å²) in [5.74, 6) is -1.02. The predicted octanol–water partition coefficient (Wildman–Crippen LogP) is 1.63. The van der Waals surface area contributed by atoms with E-state index in [1.54, 1.807) is 33.8 Å². The van der Waals surface area contributed by atoms with Crippen molar-refractivity contribution in [3.8, 4) is 0 Å². The Bertz CT molecular complexity index is 801.